The highest BCUT2D eigenvalue weighted by Gasteiger charge is 2.38. The Hall–Kier alpha value is -8.11. The number of Topliss-reactive ketones (excluding diaryl/α,β-unsaturated/α-hetero) is 1. The largest absolute Gasteiger partial charge is 0.370 e. The molecule has 0 aliphatic carbocycles. The molecule has 6 rings (SSSR count). The molecular formula is C50H66N14O9. The van der Waals surface area contributed by atoms with Crippen molar-refractivity contribution >= 4 is 69.9 Å². The van der Waals surface area contributed by atoms with E-state index in [9.17, 15) is 43.2 Å². The van der Waals surface area contributed by atoms with Crippen LogP contribution in [-0.4, -0.2) is 141 Å². The Morgan fingerprint density at radius 3 is 2.10 bits per heavy atom. The molecule has 2 aliphatic heterocycles. The third kappa shape index (κ3) is 15.9. The average molecular weight is 1010 g/mol. The van der Waals surface area contributed by atoms with Gasteiger partial charge >= 0.3 is 0 Å². The van der Waals surface area contributed by atoms with Crippen molar-refractivity contribution in [2.24, 2.45) is 16.5 Å². The standard InChI is InChI=1S/C50H66N14O9/c1-29(65)42-17-10-22-64(42)49(73)38-18-19-43(67)54-20-8-15-36(58-30(2)66)44(68)63-41(25-33-27-53-28-57-33)48(72)61-39(23-31-11-4-3-5-12-31)46(70)59-37(16-9-21-55-50(51)52)45(69)62-40(47(71)60-38)24-32-26-56-35-14-7-6-13-34(32)35/h3-7,11-14,26-28,36-42,56H,8-10,15-25H2,1-2H3,(H,53,57)(H,54,67)(H,58,66)(H,59,70)(H,60,71)(H,61,72)(H,62,69)(H,63,68)(H4,51,52,55)/t36-,37-,38-,39+,40-,41-,42-/m0/s1. The number of hydrogen-bond donors (Lipinski definition) is 11. The zero-order valence-electron chi connectivity index (χ0n) is 41.0. The molecule has 7 atom stereocenters. The summed E-state index contributed by atoms with van der Waals surface area (Å²) in [7, 11) is 0. The molecule has 2 fully saturated rings. The lowest BCUT2D eigenvalue weighted by molar-refractivity contribution is -0.141. The fraction of sp³-hybridized carbons (Fsp3) is 0.460. The Morgan fingerprint density at radius 2 is 1.40 bits per heavy atom. The highest BCUT2D eigenvalue weighted by molar-refractivity contribution is 5.98. The van der Waals surface area contributed by atoms with Crippen LogP contribution in [-0.2, 0) is 62.4 Å². The summed E-state index contributed by atoms with van der Waals surface area (Å²) in [6.07, 6.45) is 5.19. The molecule has 2 aliphatic rings. The van der Waals surface area contributed by atoms with E-state index in [2.05, 4.69) is 57.2 Å². The molecule has 2 aromatic heterocycles. The Bertz CT molecular complexity index is 2620. The van der Waals surface area contributed by atoms with Crippen LogP contribution in [0.2, 0.25) is 0 Å². The van der Waals surface area contributed by atoms with Gasteiger partial charge in [0, 0.05) is 81.2 Å². The maximum Gasteiger partial charge on any atom is 0.245 e. The molecule has 8 amide bonds. The molecule has 2 saturated heterocycles. The first-order valence-corrected chi connectivity index (χ1v) is 24.5. The first-order chi connectivity index (χ1) is 35.1. The van der Waals surface area contributed by atoms with E-state index in [1.165, 1.54) is 31.3 Å². The van der Waals surface area contributed by atoms with E-state index in [1.54, 1.807) is 36.5 Å². The van der Waals surface area contributed by atoms with Crippen LogP contribution >= 0.6 is 0 Å². The molecule has 390 valence electrons. The number of nitrogens with two attached hydrogens (primary N) is 2. The minimum Gasteiger partial charge on any atom is -0.370 e. The van der Waals surface area contributed by atoms with Gasteiger partial charge in [-0.2, -0.15) is 0 Å². The summed E-state index contributed by atoms with van der Waals surface area (Å²) < 4.78 is 0. The van der Waals surface area contributed by atoms with Gasteiger partial charge in [-0.3, -0.25) is 48.1 Å². The van der Waals surface area contributed by atoms with Crippen molar-refractivity contribution in [1.82, 2.24) is 57.1 Å². The summed E-state index contributed by atoms with van der Waals surface area (Å²) in [6, 6.07) is 7.54. The molecule has 13 N–H and O–H groups in total. The summed E-state index contributed by atoms with van der Waals surface area (Å²) in [6.45, 7) is 2.98. The smallest absolute Gasteiger partial charge is 0.245 e. The van der Waals surface area contributed by atoms with E-state index in [-0.39, 0.29) is 89.2 Å². The van der Waals surface area contributed by atoms with Crippen molar-refractivity contribution in [1.29, 1.82) is 0 Å². The highest BCUT2D eigenvalue weighted by Crippen LogP contribution is 2.22. The van der Waals surface area contributed by atoms with Crippen LogP contribution in [0.15, 0.2) is 78.3 Å². The minimum atomic E-state index is -1.38. The van der Waals surface area contributed by atoms with E-state index in [1.807, 2.05) is 24.3 Å². The van der Waals surface area contributed by atoms with Crippen LogP contribution < -0.4 is 48.7 Å². The number of rotatable bonds is 13. The van der Waals surface area contributed by atoms with Crippen LogP contribution in [0.3, 0.4) is 0 Å². The predicted molar refractivity (Wildman–Crippen MR) is 269 cm³/mol. The summed E-state index contributed by atoms with van der Waals surface area (Å²) in [4.78, 5) is 141. The number of guanidine groups is 1. The number of fused-ring (bicyclic) bond motifs is 1. The van der Waals surface area contributed by atoms with Crippen LogP contribution in [0.5, 0.6) is 0 Å². The Balaban J connectivity index is 1.40. The number of ketones is 1. The lowest BCUT2D eigenvalue weighted by Gasteiger charge is -2.30. The molecular weight excluding hydrogens is 941 g/mol. The third-order valence-electron chi connectivity index (χ3n) is 12.8. The monoisotopic (exact) mass is 1010 g/mol. The number of H-pyrrole nitrogens is 2. The second kappa shape index (κ2) is 26.4. The van der Waals surface area contributed by atoms with Gasteiger partial charge in [-0.05, 0) is 69.1 Å². The number of likely N-dealkylation sites (tertiary alicyclic amines) is 1. The van der Waals surface area contributed by atoms with Gasteiger partial charge in [0.25, 0.3) is 0 Å². The van der Waals surface area contributed by atoms with Crippen molar-refractivity contribution in [2.75, 3.05) is 19.6 Å². The van der Waals surface area contributed by atoms with E-state index < -0.39 is 89.6 Å². The number of imidazole rings is 1. The maximum absolute atomic E-state index is 14.8. The molecule has 0 saturated carbocycles. The van der Waals surface area contributed by atoms with Crippen LogP contribution in [0.4, 0.5) is 0 Å². The number of nitrogens with one attached hydrogen (secondary N) is 9. The summed E-state index contributed by atoms with van der Waals surface area (Å²) >= 11 is 0. The second-order valence-electron chi connectivity index (χ2n) is 18.4. The lowest BCUT2D eigenvalue weighted by Crippen LogP contribution is -2.60. The SMILES string of the molecule is CC(=O)N[C@H]1CCCNC(=O)CC[C@@H](C(=O)N2CCC[C@H]2C(C)=O)NC(=O)[C@H](Cc2c[nH]c3ccccc23)NC(=O)[C@H](CCCN=C(N)N)NC(=O)[C@@H](Cc2ccccc2)NC(=O)[C@H](Cc2cnc[nH]2)NC1=O. The zero-order chi connectivity index (χ0) is 52.4. The topological polar surface area (TPSA) is 350 Å². The lowest BCUT2D eigenvalue weighted by atomic mass is 10.0. The third-order valence-corrected chi connectivity index (χ3v) is 12.8. The first-order valence-electron chi connectivity index (χ1n) is 24.5. The normalized spacial score (nSPS) is 23.2. The van der Waals surface area contributed by atoms with Gasteiger partial charge in [0.05, 0.1) is 12.4 Å². The van der Waals surface area contributed by atoms with E-state index in [0.29, 0.717) is 29.7 Å². The molecule has 0 spiro atoms. The molecule has 2 aromatic carbocycles. The van der Waals surface area contributed by atoms with Gasteiger partial charge in [-0.15, -0.1) is 0 Å². The van der Waals surface area contributed by atoms with E-state index in [4.69, 9.17) is 11.5 Å². The molecule has 23 nitrogen and oxygen atoms in total. The molecule has 0 radical (unpaired) electrons. The molecule has 4 aromatic rings. The fourth-order valence-corrected chi connectivity index (χ4v) is 9.07. The number of aliphatic imine (C=N–C) groups is 1. The van der Waals surface area contributed by atoms with Crippen molar-refractivity contribution < 1.29 is 43.2 Å². The van der Waals surface area contributed by atoms with Crippen LogP contribution in [0.25, 0.3) is 10.9 Å². The Kier molecular flexibility index (Phi) is 19.6. The number of aromatic amines is 2. The Labute approximate surface area is 422 Å². The highest BCUT2D eigenvalue weighted by atomic mass is 16.2. The average Bonchev–Trinajstić information content (AvgIpc) is 4.16. The number of carbonyl (C=O) groups is 9. The summed E-state index contributed by atoms with van der Waals surface area (Å²) in [5.41, 5.74) is 13.7. The van der Waals surface area contributed by atoms with Gasteiger partial charge in [-0.25, -0.2) is 4.98 Å². The molecule has 4 heterocycles. The first kappa shape index (κ1) is 54.2. The molecule has 73 heavy (non-hydrogen) atoms. The summed E-state index contributed by atoms with van der Waals surface area (Å²) in [5.74, 6) is -5.87. The van der Waals surface area contributed by atoms with Gasteiger partial charge in [0.1, 0.15) is 36.3 Å². The second-order valence-corrected chi connectivity index (χ2v) is 18.4. The summed E-state index contributed by atoms with van der Waals surface area (Å²) in [5, 5.41) is 20.1. The van der Waals surface area contributed by atoms with E-state index in [0.717, 1.165) is 10.9 Å². The van der Waals surface area contributed by atoms with Gasteiger partial charge < -0.3 is 63.6 Å². The van der Waals surface area contributed by atoms with Gasteiger partial charge in [-0.1, -0.05) is 48.5 Å². The quantitative estimate of drug-likeness (QED) is 0.0445. The number of carbonyl (C=O) groups excluding carboxylic acids is 9. The number of hydrogen-bond acceptors (Lipinski definition) is 11. The number of aromatic nitrogens is 3. The van der Waals surface area contributed by atoms with Crippen molar-refractivity contribution in [3.05, 3.63) is 90.1 Å². The number of benzene rings is 2. The number of amides is 8. The fourth-order valence-electron chi connectivity index (χ4n) is 9.07. The Morgan fingerprint density at radius 1 is 0.740 bits per heavy atom. The number of nitrogens with zero attached hydrogens (tertiary/aromatic N) is 3. The molecule has 0 bridgehead atoms. The number of para-hydroxylation sites is 1. The van der Waals surface area contributed by atoms with Crippen molar-refractivity contribution in [3.63, 3.8) is 0 Å². The van der Waals surface area contributed by atoms with Crippen molar-refractivity contribution in [3.8, 4) is 0 Å². The molecule has 23 heteroatoms. The van der Waals surface area contributed by atoms with Crippen molar-refractivity contribution in [2.45, 2.75) is 127 Å². The van der Waals surface area contributed by atoms with Crippen LogP contribution in [0, 0.1) is 0 Å². The zero-order valence-corrected chi connectivity index (χ0v) is 41.0. The molecule has 0 unspecified atom stereocenters. The minimum absolute atomic E-state index is 0.0328. The van der Waals surface area contributed by atoms with E-state index >= 15 is 0 Å². The predicted octanol–water partition coefficient (Wildman–Crippen LogP) is -0.829. The maximum atomic E-state index is 14.8. The van der Waals surface area contributed by atoms with Crippen LogP contribution in [0.1, 0.15) is 82.0 Å². The van der Waals surface area contributed by atoms with Gasteiger partial charge in [0.15, 0.2) is 11.7 Å². The van der Waals surface area contributed by atoms with Gasteiger partial charge in [0.2, 0.25) is 47.3 Å².